The summed E-state index contributed by atoms with van der Waals surface area (Å²) < 4.78 is 40.0. The molecule has 2 aromatic carbocycles. The van der Waals surface area contributed by atoms with Crippen molar-refractivity contribution in [3.05, 3.63) is 84.1 Å². The maximum absolute atomic E-state index is 13.3. The standard InChI is InChI=1S/C26H22F3N5O/c1-14-10-18(16-6-4-3-5-7-16)23(33-14)15(2)34-25-22-20(12-30-24(22)31-13-32-25)19-11-17(26(27,28)29)8-9-21(19)35/h3-13,15,33,35H,1-2H3,(H2,30,31,32,34)/t15-/m0/s1. The number of phenolic OH excluding ortho intramolecular Hbond substituents is 1. The molecule has 0 aliphatic carbocycles. The van der Waals surface area contributed by atoms with Crippen molar-refractivity contribution in [1.82, 2.24) is 19.9 Å². The summed E-state index contributed by atoms with van der Waals surface area (Å²) in [6, 6.07) is 14.6. The number of halogens is 3. The van der Waals surface area contributed by atoms with Crippen LogP contribution < -0.4 is 5.32 Å². The molecule has 0 saturated heterocycles. The highest BCUT2D eigenvalue weighted by Gasteiger charge is 2.31. The van der Waals surface area contributed by atoms with Gasteiger partial charge in [-0.1, -0.05) is 30.3 Å². The minimum Gasteiger partial charge on any atom is -0.507 e. The maximum Gasteiger partial charge on any atom is 0.416 e. The van der Waals surface area contributed by atoms with Crippen LogP contribution in [0.25, 0.3) is 33.3 Å². The molecule has 0 unspecified atom stereocenters. The van der Waals surface area contributed by atoms with Crippen LogP contribution in [0.15, 0.2) is 67.1 Å². The van der Waals surface area contributed by atoms with E-state index in [2.05, 4.69) is 31.3 Å². The van der Waals surface area contributed by atoms with E-state index in [9.17, 15) is 18.3 Å². The van der Waals surface area contributed by atoms with E-state index in [-0.39, 0.29) is 17.4 Å². The molecule has 0 aliphatic heterocycles. The van der Waals surface area contributed by atoms with Gasteiger partial charge in [-0.05, 0) is 43.7 Å². The van der Waals surface area contributed by atoms with Gasteiger partial charge in [-0.15, -0.1) is 0 Å². The number of hydrogen-bond acceptors (Lipinski definition) is 4. The smallest absolute Gasteiger partial charge is 0.416 e. The quantitative estimate of drug-likeness (QED) is 0.223. The molecule has 0 radical (unpaired) electrons. The maximum atomic E-state index is 13.3. The number of rotatable bonds is 5. The lowest BCUT2D eigenvalue weighted by molar-refractivity contribution is -0.137. The third kappa shape index (κ3) is 4.21. The zero-order valence-corrected chi connectivity index (χ0v) is 18.9. The largest absolute Gasteiger partial charge is 0.507 e. The lowest BCUT2D eigenvalue weighted by Crippen LogP contribution is -2.10. The highest BCUT2D eigenvalue weighted by molar-refractivity contribution is 6.02. The van der Waals surface area contributed by atoms with Crippen molar-refractivity contribution in [3.63, 3.8) is 0 Å². The third-order valence-corrected chi connectivity index (χ3v) is 5.94. The van der Waals surface area contributed by atoms with Gasteiger partial charge in [-0.3, -0.25) is 0 Å². The summed E-state index contributed by atoms with van der Waals surface area (Å²) in [6.45, 7) is 3.95. The predicted molar refractivity (Wildman–Crippen MR) is 129 cm³/mol. The lowest BCUT2D eigenvalue weighted by atomic mass is 10.0. The molecule has 35 heavy (non-hydrogen) atoms. The molecule has 4 N–H and O–H groups in total. The molecule has 0 saturated carbocycles. The van der Waals surface area contributed by atoms with Gasteiger partial charge in [-0.2, -0.15) is 13.2 Å². The molecule has 0 spiro atoms. The molecule has 0 fully saturated rings. The summed E-state index contributed by atoms with van der Waals surface area (Å²) in [7, 11) is 0. The summed E-state index contributed by atoms with van der Waals surface area (Å²) in [5, 5.41) is 14.3. The second kappa shape index (κ2) is 8.50. The fraction of sp³-hybridized carbons (Fsp3) is 0.154. The van der Waals surface area contributed by atoms with Gasteiger partial charge in [0.1, 0.15) is 23.5 Å². The molecule has 0 aliphatic rings. The topological polar surface area (TPSA) is 89.6 Å². The van der Waals surface area contributed by atoms with Crippen LogP contribution in [0.1, 0.15) is 29.9 Å². The Morgan fingerprint density at radius 1 is 0.971 bits per heavy atom. The minimum atomic E-state index is -4.54. The van der Waals surface area contributed by atoms with Crippen LogP contribution in [-0.2, 0) is 6.18 Å². The molecule has 5 aromatic rings. The highest BCUT2D eigenvalue weighted by Crippen LogP contribution is 2.41. The van der Waals surface area contributed by atoms with Gasteiger partial charge in [0.05, 0.1) is 17.0 Å². The Hall–Kier alpha value is -4.27. The molecule has 3 aromatic heterocycles. The first kappa shape index (κ1) is 22.5. The number of nitrogens with one attached hydrogen (secondary N) is 3. The summed E-state index contributed by atoms with van der Waals surface area (Å²) in [6.07, 6.45) is -1.64. The van der Waals surface area contributed by atoms with Gasteiger partial charge in [0.15, 0.2) is 0 Å². The molecule has 0 bridgehead atoms. The molecular weight excluding hydrogens is 455 g/mol. The van der Waals surface area contributed by atoms with E-state index in [4.69, 9.17) is 0 Å². The van der Waals surface area contributed by atoms with Crippen molar-refractivity contribution >= 4 is 16.9 Å². The van der Waals surface area contributed by atoms with E-state index in [1.807, 2.05) is 44.2 Å². The Kier molecular flexibility index (Phi) is 5.47. The van der Waals surface area contributed by atoms with E-state index in [1.54, 1.807) is 0 Å². The number of phenols is 1. The highest BCUT2D eigenvalue weighted by atomic mass is 19.4. The average Bonchev–Trinajstić information content (AvgIpc) is 3.44. The van der Waals surface area contributed by atoms with Gasteiger partial charge in [0.2, 0.25) is 0 Å². The first-order chi connectivity index (χ1) is 16.7. The molecule has 6 nitrogen and oxygen atoms in total. The first-order valence-electron chi connectivity index (χ1n) is 11.0. The number of anilines is 1. The van der Waals surface area contributed by atoms with Crippen LogP contribution in [0.3, 0.4) is 0 Å². The number of aryl methyl sites for hydroxylation is 1. The summed E-state index contributed by atoms with van der Waals surface area (Å²) in [4.78, 5) is 15.0. The molecule has 9 heteroatoms. The number of benzene rings is 2. The Bertz CT molecular complexity index is 1510. The van der Waals surface area contributed by atoms with Gasteiger partial charge in [0.25, 0.3) is 0 Å². The van der Waals surface area contributed by atoms with Crippen LogP contribution in [-0.4, -0.2) is 25.0 Å². The Labute approximate surface area is 198 Å². The van der Waals surface area contributed by atoms with Crippen molar-refractivity contribution in [2.75, 3.05) is 5.32 Å². The normalized spacial score (nSPS) is 12.7. The minimum absolute atomic E-state index is 0.0391. The van der Waals surface area contributed by atoms with Crippen molar-refractivity contribution in [3.8, 4) is 28.0 Å². The zero-order chi connectivity index (χ0) is 24.7. The fourth-order valence-corrected chi connectivity index (χ4v) is 4.30. The fourth-order valence-electron chi connectivity index (χ4n) is 4.30. The van der Waals surface area contributed by atoms with Crippen molar-refractivity contribution < 1.29 is 18.3 Å². The number of aromatic amines is 2. The SMILES string of the molecule is Cc1cc(-c2ccccc2)c([C@H](C)Nc2ncnc3[nH]cc(-c4cc(C(F)(F)F)ccc4O)c23)[nH]1. The average molecular weight is 477 g/mol. The number of nitrogens with zero attached hydrogens (tertiary/aromatic N) is 2. The monoisotopic (exact) mass is 477 g/mol. The number of aromatic nitrogens is 4. The predicted octanol–water partition coefficient (Wildman–Crippen LogP) is 6.83. The second-order valence-corrected chi connectivity index (χ2v) is 8.39. The lowest BCUT2D eigenvalue weighted by Gasteiger charge is -2.17. The van der Waals surface area contributed by atoms with Gasteiger partial charge in [-0.25, -0.2) is 9.97 Å². The van der Waals surface area contributed by atoms with Crippen LogP contribution in [0.5, 0.6) is 5.75 Å². The Morgan fingerprint density at radius 3 is 2.49 bits per heavy atom. The molecular formula is C26H22F3N5O. The zero-order valence-electron chi connectivity index (χ0n) is 18.9. The van der Waals surface area contributed by atoms with Crippen LogP contribution in [0, 0.1) is 6.92 Å². The van der Waals surface area contributed by atoms with Crippen LogP contribution in [0.4, 0.5) is 19.0 Å². The van der Waals surface area contributed by atoms with Crippen LogP contribution >= 0.6 is 0 Å². The number of alkyl halides is 3. The molecule has 178 valence electrons. The number of H-pyrrole nitrogens is 2. The summed E-state index contributed by atoms with van der Waals surface area (Å²) in [5.41, 5.74) is 4.03. The summed E-state index contributed by atoms with van der Waals surface area (Å²) >= 11 is 0. The number of hydrogen-bond donors (Lipinski definition) is 4. The van der Waals surface area contributed by atoms with Crippen LogP contribution in [0.2, 0.25) is 0 Å². The van der Waals surface area contributed by atoms with E-state index >= 15 is 0 Å². The second-order valence-electron chi connectivity index (χ2n) is 8.39. The Balaban J connectivity index is 1.58. The molecule has 5 rings (SSSR count). The van der Waals surface area contributed by atoms with Gasteiger partial charge in [0, 0.05) is 34.3 Å². The van der Waals surface area contributed by atoms with Gasteiger partial charge >= 0.3 is 6.18 Å². The summed E-state index contributed by atoms with van der Waals surface area (Å²) in [5.74, 6) is 0.162. The van der Waals surface area contributed by atoms with Crippen molar-refractivity contribution in [2.24, 2.45) is 0 Å². The van der Waals surface area contributed by atoms with E-state index in [0.717, 1.165) is 40.7 Å². The third-order valence-electron chi connectivity index (χ3n) is 5.94. The van der Waals surface area contributed by atoms with E-state index < -0.39 is 11.7 Å². The van der Waals surface area contributed by atoms with E-state index in [0.29, 0.717) is 22.4 Å². The number of fused-ring (bicyclic) bond motifs is 1. The van der Waals surface area contributed by atoms with E-state index in [1.165, 1.54) is 12.5 Å². The first-order valence-corrected chi connectivity index (χ1v) is 11.0. The van der Waals surface area contributed by atoms with Gasteiger partial charge < -0.3 is 20.4 Å². The Morgan fingerprint density at radius 2 is 1.74 bits per heavy atom. The number of aromatic hydroxyl groups is 1. The molecule has 0 amide bonds. The molecule has 1 atom stereocenters. The van der Waals surface area contributed by atoms with Crippen molar-refractivity contribution in [1.29, 1.82) is 0 Å². The van der Waals surface area contributed by atoms with Crippen molar-refractivity contribution in [2.45, 2.75) is 26.1 Å². The molecule has 3 heterocycles.